The van der Waals surface area contributed by atoms with Crippen molar-refractivity contribution in [2.24, 2.45) is 0 Å². The fraction of sp³-hybridized carbons (Fsp3) is 0.286. The molecule has 0 saturated heterocycles. The number of H-pyrrole nitrogens is 1. The summed E-state index contributed by atoms with van der Waals surface area (Å²) in [5, 5.41) is 15.0. The van der Waals surface area contributed by atoms with Crippen LogP contribution < -0.4 is 0 Å². The normalized spacial score (nSPS) is 15.7. The van der Waals surface area contributed by atoms with Crippen molar-refractivity contribution in [2.75, 3.05) is 6.54 Å². The summed E-state index contributed by atoms with van der Waals surface area (Å²) in [7, 11) is 0. The number of rotatable bonds is 0. The molecule has 2 amide bonds. The van der Waals surface area contributed by atoms with Gasteiger partial charge in [-0.1, -0.05) is 0 Å². The van der Waals surface area contributed by atoms with Crippen molar-refractivity contribution in [3.05, 3.63) is 17.5 Å². The van der Waals surface area contributed by atoms with E-state index in [1.807, 2.05) is 0 Å². The highest BCUT2D eigenvalue weighted by Gasteiger charge is 2.29. The average Bonchev–Trinajstić information content (AvgIpc) is 2.52. The molecule has 1 aliphatic rings. The minimum Gasteiger partial charge on any atom is -0.465 e. The van der Waals surface area contributed by atoms with Gasteiger partial charge in [0, 0.05) is 18.7 Å². The van der Waals surface area contributed by atoms with Gasteiger partial charge >= 0.3 is 6.09 Å². The molecule has 68 valence electrons. The standard InChI is InChI=1S/C7H7N3O3/c11-6-4-3-8-9-5(4)1-2-10(6)7(12)13/h3H,1-2H2,(H,8,9)(H,12,13). The lowest BCUT2D eigenvalue weighted by atomic mass is 10.1. The Morgan fingerprint density at radius 3 is 3.15 bits per heavy atom. The van der Waals surface area contributed by atoms with Crippen molar-refractivity contribution in [2.45, 2.75) is 6.42 Å². The molecule has 0 spiro atoms. The van der Waals surface area contributed by atoms with Gasteiger partial charge in [0.15, 0.2) is 0 Å². The monoisotopic (exact) mass is 181 g/mol. The molecular weight excluding hydrogens is 174 g/mol. The molecule has 0 saturated carbocycles. The molecule has 0 unspecified atom stereocenters. The van der Waals surface area contributed by atoms with Crippen molar-refractivity contribution in [3.63, 3.8) is 0 Å². The number of imide groups is 1. The van der Waals surface area contributed by atoms with E-state index in [4.69, 9.17) is 5.11 Å². The highest BCUT2D eigenvalue weighted by Crippen LogP contribution is 2.15. The number of hydrogen-bond donors (Lipinski definition) is 2. The number of nitrogens with zero attached hydrogens (tertiary/aromatic N) is 2. The maximum absolute atomic E-state index is 11.4. The molecule has 2 rings (SSSR count). The molecule has 6 nitrogen and oxygen atoms in total. The predicted molar refractivity (Wildman–Crippen MR) is 41.4 cm³/mol. The van der Waals surface area contributed by atoms with Crippen LogP contribution in [-0.2, 0) is 6.42 Å². The summed E-state index contributed by atoms with van der Waals surface area (Å²) in [4.78, 5) is 22.8. The number of aromatic amines is 1. The van der Waals surface area contributed by atoms with E-state index in [0.29, 0.717) is 17.7 Å². The molecule has 0 radical (unpaired) electrons. The number of nitrogens with one attached hydrogen (secondary N) is 1. The quantitative estimate of drug-likeness (QED) is 0.593. The van der Waals surface area contributed by atoms with Gasteiger partial charge in [-0.15, -0.1) is 0 Å². The van der Waals surface area contributed by atoms with Crippen LogP contribution in [0.1, 0.15) is 16.1 Å². The molecule has 0 aromatic carbocycles. The number of fused-ring (bicyclic) bond motifs is 1. The maximum atomic E-state index is 11.4. The van der Waals surface area contributed by atoms with E-state index in [1.54, 1.807) is 0 Å². The molecule has 2 heterocycles. The van der Waals surface area contributed by atoms with Crippen LogP contribution in [-0.4, -0.2) is 38.7 Å². The van der Waals surface area contributed by atoms with Crippen molar-refractivity contribution >= 4 is 12.0 Å². The van der Waals surface area contributed by atoms with Crippen LogP contribution in [0.3, 0.4) is 0 Å². The fourth-order valence-corrected chi connectivity index (χ4v) is 1.34. The Morgan fingerprint density at radius 1 is 1.69 bits per heavy atom. The molecule has 1 aliphatic heterocycles. The molecule has 1 aromatic heterocycles. The Kier molecular flexibility index (Phi) is 1.54. The molecule has 1 aromatic rings. The molecule has 6 heteroatoms. The molecule has 0 fully saturated rings. The topological polar surface area (TPSA) is 86.3 Å². The highest BCUT2D eigenvalue weighted by atomic mass is 16.4. The van der Waals surface area contributed by atoms with Crippen LogP contribution in [0.2, 0.25) is 0 Å². The Balaban J connectivity index is 2.38. The number of aromatic nitrogens is 2. The SMILES string of the molecule is O=C(O)N1CCc2[nH]ncc2C1=O. The second kappa shape index (κ2) is 2.58. The Bertz CT molecular complexity index is 371. The Hall–Kier alpha value is -1.85. The summed E-state index contributed by atoms with van der Waals surface area (Å²) < 4.78 is 0. The molecule has 0 aliphatic carbocycles. The zero-order valence-electron chi connectivity index (χ0n) is 6.65. The van der Waals surface area contributed by atoms with E-state index in [9.17, 15) is 9.59 Å². The van der Waals surface area contributed by atoms with Gasteiger partial charge in [-0.25, -0.2) is 9.69 Å². The number of amides is 2. The van der Waals surface area contributed by atoms with Crippen molar-refractivity contribution in [1.82, 2.24) is 15.1 Å². The smallest absolute Gasteiger partial charge is 0.414 e. The van der Waals surface area contributed by atoms with Gasteiger partial charge in [0.2, 0.25) is 0 Å². The molecule has 0 bridgehead atoms. The van der Waals surface area contributed by atoms with E-state index < -0.39 is 12.0 Å². The van der Waals surface area contributed by atoms with E-state index in [0.717, 1.165) is 4.90 Å². The third-order valence-electron chi connectivity index (χ3n) is 2.01. The number of hydrogen-bond acceptors (Lipinski definition) is 3. The first-order valence-electron chi connectivity index (χ1n) is 3.77. The molecule has 0 atom stereocenters. The lowest BCUT2D eigenvalue weighted by Gasteiger charge is -2.21. The van der Waals surface area contributed by atoms with Gasteiger partial charge in [-0.2, -0.15) is 5.10 Å². The van der Waals surface area contributed by atoms with Crippen LogP contribution >= 0.6 is 0 Å². The predicted octanol–water partition coefficient (Wildman–Crippen LogP) is 0.0860. The molecule has 13 heavy (non-hydrogen) atoms. The largest absolute Gasteiger partial charge is 0.465 e. The lowest BCUT2D eigenvalue weighted by molar-refractivity contribution is 0.0727. The van der Waals surface area contributed by atoms with Gasteiger partial charge in [0.25, 0.3) is 5.91 Å². The Morgan fingerprint density at radius 2 is 2.46 bits per heavy atom. The average molecular weight is 181 g/mol. The maximum Gasteiger partial charge on any atom is 0.414 e. The summed E-state index contributed by atoms with van der Waals surface area (Å²) >= 11 is 0. The summed E-state index contributed by atoms with van der Waals surface area (Å²) in [5.74, 6) is -0.498. The summed E-state index contributed by atoms with van der Waals surface area (Å²) in [6.07, 6.45) is 0.650. The number of carbonyl (C=O) groups is 2. The van der Waals surface area contributed by atoms with Crippen LogP contribution in [0.4, 0.5) is 4.79 Å². The molecular formula is C7H7N3O3. The van der Waals surface area contributed by atoms with E-state index in [-0.39, 0.29) is 6.54 Å². The zero-order chi connectivity index (χ0) is 9.42. The molecule has 2 N–H and O–H groups in total. The second-order valence-electron chi connectivity index (χ2n) is 2.75. The summed E-state index contributed by atoms with van der Waals surface area (Å²) in [5.41, 5.74) is 1.07. The highest BCUT2D eigenvalue weighted by molar-refractivity contribution is 6.03. The van der Waals surface area contributed by atoms with Crippen LogP contribution in [0.15, 0.2) is 6.20 Å². The first kappa shape index (κ1) is 7.78. The third-order valence-corrected chi connectivity index (χ3v) is 2.01. The van der Waals surface area contributed by atoms with Crippen LogP contribution in [0.5, 0.6) is 0 Å². The van der Waals surface area contributed by atoms with Gasteiger partial charge in [-0.3, -0.25) is 9.89 Å². The van der Waals surface area contributed by atoms with Gasteiger partial charge in [0.1, 0.15) is 0 Å². The van der Waals surface area contributed by atoms with Crippen molar-refractivity contribution < 1.29 is 14.7 Å². The summed E-state index contributed by atoms with van der Waals surface area (Å²) in [6.45, 7) is 0.198. The van der Waals surface area contributed by atoms with E-state index in [1.165, 1.54) is 6.20 Å². The Labute approximate surface area is 73.2 Å². The first-order chi connectivity index (χ1) is 6.20. The number of carbonyl (C=O) groups excluding carboxylic acids is 1. The fourth-order valence-electron chi connectivity index (χ4n) is 1.34. The van der Waals surface area contributed by atoms with Crippen LogP contribution in [0, 0.1) is 0 Å². The zero-order valence-corrected chi connectivity index (χ0v) is 6.65. The van der Waals surface area contributed by atoms with E-state index >= 15 is 0 Å². The summed E-state index contributed by atoms with van der Waals surface area (Å²) in [6, 6.07) is 0. The van der Waals surface area contributed by atoms with Gasteiger partial charge in [0.05, 0.1) is 11.8 Å². The second-order valence-corrected chi connectivity index (χ2v) is 2.75. The third kappa shape index (κ3) is 1.07. The van der Waals surface area contributed by atoms with E-state index in [2.05, 4.69) is 10.2 Å². The van der Waals surface area contributed by atoms with Gasteiger partial charge < -0.3 is 5.11 Å². The number of carboxylic acid groups (broad SMARTS) is 1. The van der Waals surface area contributed by atoms with Crippen LogP contribution in [0.25, 0.3) is 0 Å². The minimum atomic E-state index is -1.21. The van der Waals surface area contributed by atoms with Gasteiger partial charge in [-0.05, 0) is 0 Å². The van der Waals surface area contributed by atoms with Crippen molar-refractivity contribution in [3.8, 4) is 0 Å². The first-order valence-corrected chi connectivity index (χ1v) is 3.77. The lowest BCUT2D eigenvalue weighted by Crippen LogP contribution is -2.40. The minimum absolute atomic E-state index is 0.198. The van der Waals surface area contributed by atoms with Crippen molar-refractivity contribution in [1.29, 1.82) is 0 Å².